The fourth-order valence-corrected chi connectivity index (χ4v) is 6.96. The van der Waals surface area contributed by atoms with Gasteiger partial charge in [-0.1, -0.05) is 161 Å². The zero-order valence-corrected chi connectivity index (χ0v) is 33.9. The maximum Gasteiger partial charge on any atom is 0.207 e. The van der Waals surface area contributed by atoms with Crippen LogP contribution in [-0.4, -0.2) is 50.2 Å². The highest BCUT2D eigenvalue weighted by molar-refractivity contribution is 4.82. The molecule has 0 aliphatic rings. The van der Waals surface area contributed by atoms with Crippen molar-refractivity contribution >= 4 is 0 Å². The Morgan fingerprint density at radius 3 is 1.00 bits per heavy atom. The van der Waals surface area contributed by atoms with Gasteiger partial charge in [-0.05, 0) is 84.5 Å². The predicted octanol–water partition coefficient (Wildman–Crippen LogP) is 14.7. The van der Waals surface area contributed by atoms with Gasteiger partial charge in [-0.25, -0.2) is 0 Å². The number of allylic oxidation sites excluding steroid dienone is 4. The number of quaternary nitrogens is 1. The fraction of sp³-hybridized carbons (Fsp3) is 0.911. The van der Waals surface area contributed by atoms with E-state index >= 15 is 0 Å². The molecule has 0 atom stereocenters. The lowest BCUT2D eigenvalue weighted by molar-refractivity contribution is -0.930. The predicted molar refractivity (Wildman–Crippen MR) is 216 cm³/mol. The van der Waals surface area contributed by atoms with E-state index in [1.165, 1.54) is 180 Å². The van der Waals surface area contributed by atoms with Crippen molar-refractivity contribution in [1.82, 2.24) is 0 Å². The van der Waals surface area contributed by atoms with E-state index in [4.69, 9.17) is 9.47 Å². The first kappa shape index (κ1) is 47.4. The molecule has 0 spiro atoms. The summed E-state index contributed by atoms with van der Waals surface area (Å²) < 4.78 is 14.0. The minimum atomic E-state index is -0.0531. The Kier molecular flexibility index (Phi) is 38.6. The molecule has 0 fully saturated rings. The Bertz CT molecular complexity index is 611. The highest BCUT2D eigenvalue weighted by Gasteiger charge is 2.28. The van der Waals surface area contributed by atoms with Gasteiger partial charge in [-0.3, -0.25) is 0 Å². The summed E-state index contributed by atoms with van der Waals surface area (Å²) in [6.07, 6.45) is 48.5. The molecule has 0 aromatic rings. The zero-order chi connectivity index (χ0) is 35.1. The van der Waals surface area contributed by atoms with Crippen LogP contribution in [0.25, 0.3) is 0 Å². The second-order valence-electron chi connectivity index (χ2n) is 14.9. The third-order valence-corrected chi connectivity index (χ3v) is 10.5. The minimum Gasteiger partial charge on any atom is -0.348 e. The van der Waals surface area contributed by atoms with Gasteiger partial charge in [0.15, 0.2) is 0 Å². The molecule has 0 saturated heterocycles. The maximum atomic E-state index is 6.44. The highest BCUT2D eigenvalue weighted by atomic mass is 16.7. The van der Waals surface area contributed by atoms with Crippen molar-refractivity contribution in [3.05, 3.63) is 24.3 Å². The van der Waals surface area contributed by atoms with Crippen molar-refractivity contribution in [2.75, 3.05) is 39.4 Å². The minimum absolute atomic E-state index is 0.0531. The van der Waals surface area contributed by atoms with E-state index in [2.05, 4.69) is 58.9 Å². The summed E-state index contributed by atoms with van der Waals surface area (Å²) in [5.41, 5.74) is 0. The fourth-order valence-electron chi connectivity index (χ4n) is 6.96. The van der Waals surface area contributed by atoms with E-state index in [1.807, 2.05) is 0 Å². The number of likely N-dealkylation sites (N-methyl/N-ethyl adjacent to an activating group) is 1. The molecule has 3 nitrogen and oxygen atoms in total. The number of rotatable bonds is 40. The van der Waals surface area contributed by atoms with Gasteiger partial charge in [0.25, 0.3) is 0 Å². The molecule has 0 aromatic carbocycles. The lowest BCUT2D eigenvalue weighted by Gasteiger charge is -2.39. The first-order valence-electron chi connectivity index (χ1n) is 22.1. The van der Waals surface area contributed by atoms with E-state index in [1.54, 1.807) is 0 Å². The molecule has 0 aliphatic carbocycles. The summed E-state index contributed by atoms with van der Waals surface area (Å²) >= 11 is 0. The van der Waals surface area contributed by atoms with Crippen molar-refractivity contribution in [3.8, 4) is 0 Å². The second kappa shape index (κ2) is 39.2. The van der Waals surface area contributed by atoms with Gasteiger partial charge in [0.2, 0.25) is 6.29 Å². The summed E-state index contributed by atoms with van der Waals surface area (Å²) in [5, 5.41) is 0. The Morgan fingerprint density at radius 1 is 0.375 bits per heavy atom. The van der Waals surface area contributed by atoms with E-state index in [0.717, 1.165) is 50.2 Å². The van der Waals surface area contributed by atoms with Crippen molar-refractivity contribution in [3.63, 3.8) is 0 Å². The van der Waals surface area contributed by atoms with Gasteiger partial charge in [0, 0.05) is 13.2 Å². The Morgan fingerprint density at radius 2 is 0.688 bits per heavy atom. The van der Waals surface area contributed by atoms with Crippen LogP contribution in [0.15, 0.2) is 24.3 Å². The molecule has 286 valence electrons. The molecule has 48 heavy (non-hydrogen) atoms. The Balaban J connectivity index is 4.02. The molecule has 0 N–H and O–H groups in total. The standard InChI is InChI=1S/C45H90NO2/c1-6-11-13-15-17-19-21-23-25-27-29-31-33-35-37-39-42-47-45(44-46(9-4,10-5)41-8-3)48-43-40-38-36-34-32-30-28-26-24-22-20-18-16-14-12-7-2/h23-26,45H,6-22,27-44H2,1-5H3/q+1. The van der Waals surface area contributed by atoms with Gasteiger partial charge >= 0.3 is 0 Å². The lowest BCUT2D eigenvalue weighted by Crippen LogP contribution is -2.53. The van der Waals surface area contributed by atoms with Crippen LogP contribution in [0, 0.1) is 0 Å². The topological polar surface area (TPSA) is 18.5 Å². The van der Waals surface area contributed by atoms with Gasteiger partial charge in [-0.2, -0.15) is 0 Å². The van der Waals surface area contributed by atoms with Crippen LogP contribution in [0.5, 0.6) is 0 Å². The SMILES string of the molecule is CCCCCCCCC=CCCCCCCCCOC(C[N+](CC)(CC)CCC)OCCCCCCCCC=CCCCCCCCC. The number of hydrogen-bond acceptors (Lipinski definition) is 2. The average Bonchev–Trinajstić information content (AvgIpc) is 3.10. The zero-order valence-electron chi connectivity index (χ0n) is 33.9. The van der Waals surface area contributed by atoms with Crippen LogP contribution in [0.2, 0.25) is 0 Å². The summed E-state index contributed by atoms with van der Waals surface area (Å²) in [4.78, 5) is 0. The third-order valence-electron chi connectivity index (χ3n) is 10.5. The molecule has 0 rings (SSSR count). The maximum absolute atomic E-state index is 6.44. The van der Waals surface area contributed by atoms with Crippen LogP contribution >= 0.6 is 0 Å². The highest BCUT2D eigenvalue weighted by Crippen LogP contribution is 2.16. The Hall–Kier alpha value is -0.640. The molecular formula is C45H90NO2+. The first-order valence-corrected chi connectivity index (χ1v) is 22.1. The normalized spacial score (nSPS) is 13.0. The molecule has 0 saturated carbocycles. The lowest BCUT2D eigenvalue weighted by atomic mass is 10.1. The first-order chi connectivity index (χ1) is 23.7. The van der Waals surface area contributed by atoms with Crippen molar-refractivity contribution in [1.29, 1.82) is 0 Å². The van der Waals surface area contributed by atoms with Crippen molar-refractivity contribution in [2.24, 2.45) is 0 Å². The van der Waals surface area contributed by atoms with Crippen LogP contribution < -0.4 is 0 Å². The van der Waals surface area contributed by atoms with Gasteiger partial charge in [-0.15, -0.1) is 0 Å². The molecule has 0 bridgehead atoms. The summed E-state index contributed by atoms with van der Waals surface area (Å²) in [7, 11) is 0. The van der Waals surface area contributed by atoms with Crippen LogP contribution in [0.3, 0.4) is 0 Å². The quantitative estimate of drug-likeness (QED) is 0.0278. The van der Waals surface area contributed by atoms with Crippen LogP contribution in [0.4, 0.5) is 0 Å². The third kappa shape index (κ3) is 32.6. The summed E-state index contributed by atoms with van der Waals surface area (Å²) in [6.45, 7) is 17.8. The molecule has 0 radical (unpaired) electrons. The van der Waals surface area contributed by atoms with E-state index < -0.39 is 0 Å². The number of unbranched alkanes of at least 4 members (excludes halogenated alkanes) is 24. The van der Waals surface area contributed by atoms with Crippen LogP contribution in [0.1, 0.15) is 221 Å². The molecule has 0 aliphatic heterocycles. The largest absolute Gasteiger partial charge is 0.348 e. The molecule has 0 heterocycles. The van der Waals surface area contributed by atoms with Gasteiger partial charge in [0.1, 0.15) is 6.54 Å². The smallest absolute Gasteiger partial charge is 0.207 e. The van der Waals surface area contributed by atoms with Crippen LogP contribution in [-0.2, 0) is 9.47 Å². The average molecular weight is 677 g/mol. The van der Waals surface area contributed by atoms with Crippen molar-refractivity contribution < 1.29 is 14.0 Å². The Labute approximate surface area is 304 Å². The molecular weight excluding hydrogens is 587 g/mol. The number of ether oxygens (including phenoxy) is 2. The number of nitrogens with zero attached hydrogens (tertiary/aromatic N) is 1. The van der Waals surface area contributed by atoms with Gasteiger partial charge < -0.3 is 14.0 Å². The van der Waals surface area contributed by atoms with E-state index in [9.17, 15) is 0 Å². The second-order valence-corrected chi connectivity index (χ2v) is 14.9. The summed E-state index contributed by atoms with van der Waals surface area (Å²) in [5.74, 6) is 0. The molecule has 0 amide bonds. The van der Waals surface area contributed by atoms with Crippen molar-refractivity contribution in [2.45, 2.75) is 227 Å². The number of hydrogen-bond donors (Lipinski definition) is 0. The molecule has 0 aromatic heterocycles. The monoisotopic (exact) mass is 677 g/mol. The van der Waals surface area contributed by atoms with Gasteiger partial charge in [0.05, 0.1) is 19.6 Å². The molecule has 0 unspecified atom stereocenters. The molecule has 3 heteroatoms. The van der Waals surface area contributed by atoms with E-state index in [0.29, 0.717) is 0 Å². The summed E-state index contributed by atoms with van der Waals surface area (Å²) in [6, 6.07) is 0. The van der Waals surface area contributed by atoms with E-state index in [-0.39, 0.29) is 6.29 Å².